The lowest BCUT2D eigenvalue weighted by Gasteiger charge is -2.14. The second-order valence-electron chi connectivity index (χ2n) is 1.22. The molecule has 0 bridgehead atoms. The maximum atomic E-state index is 6.52. The van der Waals surface area contributed by atoms with Crippen molar-refractivity contribution in [2.45, 2.75) is 0 Å². The first-order valence-electron chi connectivity index (χ1n) is 1.54. The number of hydrogen-bond acceptors (Lipinski definition) is 4. The fourth-order valence-corrected chi connectivity index (χ4v) is 0. The van der Waals surface area contributed by atoms with Gasteiger partial charge in [-0.2, -0.15) is 0 Å². The Kier molecular flexibility index (Phi) is 3.95. The molecule has 0 radical (unpaired) electrons. The highest BCUT2D eigenvalue weighted by Gasteiger charge is 2.14. The van der Waals surface area contributed by atoms with Crippen LogP contribution < -0.4 is 23.3 Å². The van der Waals surface area contributed by atoms with Gasteiger partial charge in [0.05, 0.1) is 0 Å². The number of nitrogens with one attached hydrogen (secondary N) is 1. The average Bonchev–Trinajstić information content (AvgIpc) is 1.31. The van der Waals surface area contributed by atoms with Crippen LogP contribution in [0.4, 0.5) is 0 Å². The minimum atomic E-state index is -1.08. The summed E-state index contributed by atoms with van der Waals surface area (Å²) in [5.74, 6) is 14.0. The lowest BCUT2D eigenvalue weighted by Crippen LogP contribution is -2.71. The predicted octanol–water partition coefficient (Wildman–Crippen LogP) is -2.10. The van der Waals surface area contributed by atoms with E-state index in [4.69, 9.17) is 28.7 Å². The summed E-state index contributed by atoms with van der Waals surface area (Å²) in [5.41, 5.74) is 4.75. The van der Waals surface area contributed by atoms with Gasteiger partial charge in [-0.15, -0.1) is 34.5 Å². The standard InChI is InChI=1S/CH9N6.BrH/c2-1(3)7(4,5)6;/h4-6H2,(H3,2,3);1H/q+1;. The first-order valence-corrected chi connectivity index (χ1v) is 1.54. The van der Waals surface area contributed by atoms with E-state index < -0.39 is 10.8 Å². The Bertz CT molecular complexity index is 81.0. The zero-order chi connectivity index (χ0) is 6.08. The highest BCUT2D eigenvalue weighted by Crippen LogP contribution is 1.63. The van der Waals surface area contributed by atoms with E-state index in [9.17, 15) is 0 Å². The number of halogens is 1. The fraction of sp³-hybridized carbons (Fsp3) is 0. The van der Waals surface area contributed by atoms with Gasteiger partial charge in [0.1, 0.15) is 0 Å². The van der Waals surface area contributed by atoms with Crippen molar-refractivity contribution in [2.24, 2.45) is 23.3 Å². The van der Waals surface area contributed by atoms with Crippen LogP contribution in [-0.4, -0.2) is 10.8 Å². The summed E-state index contributed by atoms with van der Waals surface area (Å²) in [5, 5.41) is 6.52. The van der Waals surface area contributed by atoms with Crippen LogP contribution in [0.2, 0.25) is 0 Å². The third-order valence-electron chi connectivity index (χ3n) is 0.417. The molecule has 0 atom stereocenters. The van der Waals surface area contributed by atoms with Gasteiger partial charge in [-0.1, -0.05) is 0 Å². The molecule has 0 unspecified atom stereocenters. The van der Waals surface area contributed by atoms with Gasteiger partial charge in [-0.05, 0) is 4.81 Å². The Morgan fingerprint density at radius 1 is 1.25 bits per heavy atom. The number of nitrogens with two attached hydrogens (primary N) is 4. The summed E-state index contributed by atoms with van der Waals surface area (Å²) >= 11 is 0. The summed E-state index contributed by atoms with van der Waals surface area (Å²) in [4.78, 5) is -1.08. The molecule has 0 aromatic heterocycles. The van der Waals surface area contributed by atoms with Crippen molar-refractivity contribution in [3.8, 4) is 0 Å². The summed E-state index contributed by atoms with van der Waals surface area (Å²) < 4.78 is 0. The number of rotatable bonds is 0. The van der Waals surface area contributed by atoms with E-state index in [1.54, 1.807) is 0 Å². The molecule has 0 rings (SSSR count). The maximum absolute atomic E-state index is 6.52. The van der Waals surface area contributed by atoms with Crippen molar-refractivity contribution < 1.29 is 4.81 Å². The second-order valence-corrected chi connectivity index (χ2v) is 1.22. The Labute approximate surface area is 57.2 Å². The number of guanidine groups is 1. The monoisotopic (exact) mass is 185 g/mol. The van der Waals surface area contributed by atoms with Gasteiger partial charge in [0, 0.05) is 0 Å². The van der Waals surface area contributed by atoms with Crippen LogP contribution in [0.25, 0.3) is 0 Å². The van der Waals surface area contributed by atoms with E-state index in [0.29, 0.717) is 0 Å². The van der Waals surface area contributed by atoms with E-state index in [2.05, 4.69) is 0 Å². The molecule has 50 valence electrons. The molecule has 0 saturated carbocycles. The Balaban J connectivity index is 0. The molecule has 0 fully saturated rings. The van der Waals surface area contributed by atoms with Gasteiger partial charge < -0.3 is 5.73 Å². The van der Waals surface area contributed by atoms with Crippen LogP contribution in [0.5, 0.6) is 0 Å². The lowest BCUT2D eigenvalue weighted by molar-refractivity contribution is -0.880. The fourth-order valence-electron chi connectivity index (χ4n) is 0. The summed E-state index contributed by atoms with van der Waals surface area (Å²) in [7, 11) is 0. The van der Waals surface area contributed by atoms with E-state index >= 15 is 0 Å². The summed E-state index contributed by atoms with van der Waals surface area (Å²) in [6, 6.07) is 0. The first kappa shape index (κ1) is 10.7. The van der Waals surface area contributed by atoms with Crippen LogP contribution in [0.3, 0.4) is 0 Å². The number of quaternary nitrogens is 1. The normalized spacial score (nSPS) is 9.88. The minimum Gasteiger partial charge on any atom is -0.333 e. The first-order chi connectivity index (χ1) is 2.94. The van der Waals surface area contributed by atoms with Gasteiger partial charge in [-0.25, -0.2) is 5.41 Å². The van der Waals surface area contributed by atoms with Gasteiger partial charge in [0.2, 0.25) is 0 Å². The molecule has 0 aliphatic heterocycles. The van der Waals surface area contributed by atoms with Crippen molar-refractivity contribution in [1.29, 1.82) is 5.41 Å². The summed E-state index contributed by atoms with van der Waals surface area (Å²) in [6.07, 6.45) is 0. The van der Waals surface area contributed by atoms with Gasteiger partial charge >= 0.3 is 5.96 Å². The molecule has 0 aromatic rings. The van der Waals surface area contributed by atoms with E-state index in [1.807, 2.05) is 0 Å². The number of hydrogen-bond donors (Lipinski definition) is 5. The Morgan fingerprint density at radius 3 is 1.38 bits per heavy atom. The molecule has 6 nitrogen and oxygen atoms in total. The van der Waals surface area contributed by atoms with Crippen molar-refractivity contribution in [2.75, 3.05) is 0 Å². The van der Waals surface area contributed by atoms with Gasteiger partial charge in [0.25, 0.3) is 0 Å². The predicted molar refractivity (Wildman–Crippen MR) is 35.1 cm³/mol. The molecule has 0 aliphatic rings. The van der Waals surface area contributed by atoms with E-state index in [1.165, 1.54) is 0 Å². The molecule has 0 amide bonds. The molecular formula is CH10BrN6+. The van der Waals surface area contributed by atoms with Crippen molar-refractivity contribution >= 4 is 22.9 Å². The van der Waals surface area contributed by atoms with Crippen molar-refractivity contribution in [3.63, 3.8) is 0 Å². The minimum absolute atomic E-state index is 0. The highest BCUT2D eigenvalue weighted by atomic mass is 79.9. The van der Waals surface area contributed by atoms with Crippen LogP contribution in [-0.2, 0) is 0 Å². The van der Waals surface area contributed by atoms with Gasteiger partial charge in [0.15, 0.2) is 0 Å². The maximum Gasteiger partial charge on any atom is 0.352 e. The number of nitrogens with zero attached hydrogens (tertiary/aromatic N) is 1. The van der Waals surface area contributed by atoms with Crippen LogP contribution >= 0.6 is 17.0 Å². The third kappa shape index (κ3) is 3.96. The smallest absolute Gasteiger partial charge is 0.333 e. The summed E-state index contributed by atoms with van der Waals surface area (Å²) in [6.45, 7) is 0. The highest BCUT2D eigenvalue weighted by molar-refractivity contribution is 8.93. The molecular weight excluding hydrogens is 176 g/mol. The quantitative estimate of drug-likeness (QED) is 0.0974. The topological polar surface area (TPSA) is 128 Å². The zero-order valence-corrected chi connectivity index (χ0v) is 5.88. The largest absolute Gasteiger partial charge is 0.352 e. The van der Waals surface area contributed by atoms with E-state index in [-0.39, 0.29) is 17.0 Å². The molecule has 7 heteroatoms. The van der Waals surface area contributed by atoms with E-state index in [0.717, 1.165) is 0 Å². The van der Waals surface area contributed by atoms with Crippen molar-refractivity contribution in [3.05, 3.63) is 0 Å². The van der Waals surface area contributed by atoms with Crippen LogP contribution in [0.1, 0.15) is 0 Å². The SMILES string of the molecule is Br.N=C(N)[N+](N)(N)N. The lowest BCUT2D eigenvalue weighted by atomic mass is 11.0. The third-order valence-corrected chi connectivity index (χ3v) is 0.417. The Hall–Kier alpha value is -0.210. The molecule has 8 heavy (non-hydrogen) atoms. The second kappa shape index (κ2) is 2.95. The molecule has 9 N–H and O–H groups in total. The molecule has 0 saturated heterocycles. The average molecular weight is 186 g/mol. The van der Waals surface area contributed by atoms with Crippen LogP contribution in [0, 0.1) is 5.41 Å². The zero-order valence-electron chi connectivity index (χ0n) is 4.16. The van der Waals surface area contributed by atoms with Crippen LogP contribution in [0.15, 0.2) is 0 Å². The molecule has 0 spiro atoms. The Morgan fingerprint density at radius 2 is 1.38 bits per heavy atom. The van der Waals surface area contributed by atoms with Gasteiger partial charge in [-0.3, -0.25) is 0 Å². The molecule has 0 heterocycles. The molecule has 0 aliphatic carbocycles. The molecule has 0 aromatic carbocycles. The van der Waals surface area contributed by atoms with Crippen molar-refractivity contribution in [1.82, 2.24) is 0 Å².